The second-order valence-electron chi connectivity index (χ2n) is 5.47. The number of rotatable bonds is 6. The molecule has 1 aromatic carbocycles. The average molecular weight is 404 g/mol. The van der Waals surface area contributed by atoms with Gasteiger partial charge in [-0.3, -0.25) is 9.78 Å². The third-order valence-electron chi connectivity index (χ3n) is 3.61. The molecule has 0 aliphatic rings. The number of aliphatic hydroxyl groups is 2. The number of hydrogen-bond donors (Lipinski definition) is 3. The molecule has 7 nitrogen and oxygen atoms in total. The fraction of sp³-hybridized carbons (Fsp3) is 0.250. The fourth-order valence-corrected chi connectivity index (χ4v) is 3.43. The van der Waals surface area contributed by atoms with E-state index in [0.29, 0.717) is 6.07 Å². The number of carbonyl (C=O) groups is 1. The highest BCUT2D eigenvalue weighted by Crippen LogP contribution is 2.32. The van der Waals surface area contributed by atoms with Gasteiger partial charge < -0.3 is 10.2 Å². The molecule has 0 aliphatic carbocycles. The van der Waals surface area contributed by atoms with E-state index in [0.717, 1.165) is 24.4 Å². The first-order chi connectivity index (χ1) is 12.6. The predicted octanol–water partition coefficient (Wildman–Crippen LogP) is 1.39. The Hall–Kier alpha value is -2.50. The number of carbonyl (C=O) groups excluding carboxylic acids is 1. The van der Waals surface area contributed by atoms with Gasteiger partial charge in [-0.15, -0.1) is 0 Å². The van der Waals surface area contributed by atoms with E-state index in [1.165, 1.54) is 12.1 Å². The van der Waals surface area contributed by atoms with Gasteiger partial charge in [-0.2, -0.15) is 13.2 Å². The first kappa shape index (κ1) is 20.8. The number of aliphatic hydroxyl groups excluding tert-OH is 2. The molecule has 0 spiro atoms. The standard InChI is InChI=1S/C16H15F3N2O5S/c17-16(18,19)12-3-1-2-10(6-12)14(9-23)27(25,26)21-15(24)11-4-5-13(8-22)20-7-11/h1-7,14,22-23H,8-9H2,(H,21,24). The summed E-state index contributed by atoms with van der Waals surface area (Å²) in [5, 5.41) is 16.5. The molecule has 0 fully saturated rings. The molecule has 27 heavy (non-hydrogen) atoms. The van der Waals surface area contributed by atoms with E-state index in [9.17, 15) is 31.5 Å². The molecule has 1 aromatic heterocycles. The number of benzene rings is 1. The first-order valence-electron chi connectivity index (χ1n) is 7.48. The summed E-state index contributed by atoms with van der Waals surface area (Å²) in [6.07, 6.45) is -3.65. The maximum Gasteiger partial charge on any atom is 0.416 e. The number of amides is 1. The van der Waals surface area contributed by atoms with Gasteiger partial charge in [0.05, 0.1) is 30.0 Å². The number of nitrogens with one attached hydrogen (secondary N) is 1. The van der Waals surface area contributed by atoms with Crippen LogP contribution in [-0.2, 0) is 22.8 Å². The SMILES string of the molecule is O=C(NS(=O)(=O)C(CO)c1cccc(C(F)(F)F)c1)c1ccc(CO)nc1. The lowest BCUT2D eigenvalue weighted by atomic mass is 10.1. The van der Waals surface area contributed by atoms with Crippen molar-refractivity contribution in [1.29, 1.82) is 0 Å². The number of nitrogens with zero attached hydrogens (tertiary/aromatic N) is 1. The minimum absolute atomic E-state index is 0.142. The van der Waals surface area contributed by atoms with Gasteiger partial charge in [-0.25, -0.2) is 13.1 Å². The smallest absolute Gasteiger partial charge is 0.395 e. The summed E-state index contributed by atoms with van der Waals surface area (Å²) in [4.78, 5) is 15.8. The van der Waals surface area contributed by atoms with Gasteiger partial charge in [0, 0.05) is 6.20 Å². The van der Waals surface area contributed by atoms with Crippen molar-refractivity contribution in [2.45, 2.75) is 18.0 Å². The molecule has 2 rings (SSSR count). The van der Waals surface area contributed by atoms with Crippen LogP contribution < -0.4 is 4.72 Å². The van der Waals surface area contributed by atoms with Crippen molar-refractivity contribution in [3.05, 3.63) is 65.0 Å². The Morgan fingerprint density at radius 2 is 1.89 bits per heavy atom. The molecule has 0 radical (unpaired) electrons. The number of alkyl halides is 3. The average Bonchev–Trinajstić information content (AvgIpc) is 2.61. The number of sulfonamides is 1. The van der Waals surface area contributed by atoms with Crippen LogP contribution in [0.4, 0.5) is 13.2 Å². The second kappa shape index (κ2) is 8.03. The summed E-state index contributed by atoms with van der Waals surface area (Å²) in [6, 6.07) is 6.01. The Kier molecular flexibility index (Phi) is 6.19. The van der Waals surface area contributed by atoms with Crippen molar-refractivity contribution in [3.8, 4) is 0 Å². The Bertz CT molecular complexity index is 914. The lowest BCUT2D eigenvalue weighted by Gasteiger charge is -2.18. The maximum atomic E-state index is 12.8. The van der Waals surface area contributed by atoms with Crippen LogP contribution >= 0.6 is 0 Å². The molecule has 1 amide bonds. The lowest BCUT2D eigenvalue weighted by molar-refractivity contribution is -0.137. The summed E-state index contributed by atoms with van der Waals surface area (Å²) in [5.74, 6) is -1.07. The highest BCUT2D eigenvalue weighted by molar-refractivity contribution is 7.90. The summed E-state index contributed by atoms with van der Waals surface area (Å²) >= 11 is 0. The minimum atomic E-state index is -4.69. The van der Waals surface area contributed by atoms with Gasteiger partial charge in [0.1, 0.15) is 5.25 Å². The third kappa shape index (κ3) is 5.02. The van der Waals surface area contributed by atoms with Crippen LogP contribution in [0.5, 0.6) is 0 Å². The Morgan fingerprint density at radius 3 is 2.41 bits per heavy atom. The van der Waals surface area contributed by atoms with Gasteiger partial charge in [-0.05, 0) is 23.8 Å². The minimum Gasteiger partial charge on any atom is -0.395 e. The molecule has 1 unspecified atom stereocenters. The molecule has 3 N–H and O–H groups in total. The summed E-state index contributed by atoms with van der Waals surface area (Å²) in [7, 11) is -4.54. The van der Waals surface area contributed by atoms with Gasteiger partial charge in [0.15, 0.2) is 0 Å². The Morgan fingerprint density at radius 1 is 1.19 bits per heavy atom. The molecule has 1 heterocycles. The molecule has 0 aliphatic heterocycles. The summed E-state index contributed by atoms with van der Waals surface area (Å²) < 4.78 is 65.0. The van der Waals surface area contributed by atoms with E-state index in [-0.39, 0.29) is 23.4 Å². The van der Waals surface area contributed by atoms with Crippen molar-refractivity contribution < 1.29 is 36.6 Å². The maximum absolute atomic E-state index is 12.8. The molecule has 0 bridgehead atoms. The highest BCUT2D eigenvalue weighted by atomic mass is 32.2. The molecule has 2 aromatic rings. The Balaban J connectivity index is 2.28. The largest absolute Gasteiger partial charge is 0.416 e. The zero-order valence-corrected chi connectivity index (χ0v) is 14.5. The fourth-order valence-electron chi connectivity index (χ4n) is 2.21. The predicted molar refractivity (Wildman–Crippen MR) is 87.8 cm³/mol. The zero-order chi connectivity index (χ0) is 20.2. The van der Waals surface area contributed by atoms with Crippen molar-refractivity contribution in [2.24, 2.45) is 0 Å². The van der Waals surface area contributed by atoms with E-state index in [1.807, 2.05) is 0 Å². The Labute approximate surface area is 152 Å². The van der Waals surface area contributed by atoms with Crippen molar-refractivity contribution in [2.75, 3.05) is 6.61 Å². The van der Waals surface area contributed by atoms with Crippen LogP contribution in [0.15, 0.2) is 42.6 Å². The van der Waals surface area contributed by atoms with Gasteiger partial charge in [0.2, 0.25) is 10.0 Å². The molecule has 0 saturated carbocycles. The number of halogens is 3. The third-order valence-corrected chi connectivity index (χ3v) is 5.25. The molecule has 146 valence electrons. The van der Waals surface area contributed by atoms with Crippen LogP contribution in [0.2, 0.25) is 0 Å². The second-order valence-corrected chi connectivity index (χ2v) is 7.33. The first-order valence-corrected chi connectivity index (χ1v) is 9.03. The number of hydrogen-bond acceptors (Lipinski definition) is 6. The van der Waals surface area contributed by atoms with Crippen molar-refractivity contribution in [1.82, 2.24) is 9.71 Å². The van der Waals surface area contributed by atoms with Crippen molar-refractivity contribution >= 4 is 15.9 Å². The molecular weight excluding hydrogens is 389 g/mol. The van der Waals surface area contributed by atoms with Gasteiger partial charge in [-0.1, -0.05) is 18.2 Å². The van der Waals surface area contributed by atoms with E-state index in [2.05, 4.69) is 4.98 Å². The topological polar surface area (TPSA) is 117 Å². The van der Waals surface area contributed by atoms with Crippen LogP contribution in [-0.4, -0.2) is 36.1 Å². The summed E-state index contributed by atoms with van der Waals surface area (Å²) in [6.45, 7) is -1.41. The normalized spacial score (nSPS) is 13.2. The number of aromatic nitrogens is 1. The van der Waals surface area contributed by atoms with Crippen LogP contribution in [0.1, 0.15) is 32.4 Å². The molecule has 11 heteroatoms. The van der Waals surface area contributed by atoms with Crippen LogP contribution in [0.25, 0.3) is 0 Å². The van der Waals surface area contributed by atoms with Crippen LogP contribution in [0, 0.1) is 0 Å². The molecule has 1 atom stereocenters. The zero-order valence-electron chi connectivity index (χ0n) is 13.6. The molecular formula is C16H15F3N2O5S. The monoisotopic (exact) mass is 404 g/mol. The van der Waals surface area contributed by atoms with Crippen LogP contribution in [0.3, 0.4) is 0 Å². The van der Waals surface area contributed by atoms with E-state index in [1.54, 1.807) is 4.72 Å². The lowest BCUT2D eigenvalue weighted by Crippen LogP contribution is -2.36. The van der Waals surface area contributed by atoms with Gasteiger partial charge >= 0.3 is 6.18 Å². The quantitative estimate of drug-likeness (QED) is 0.670. The van der Waals surface area contributed by atoms with E-state index in [4.69, 9.17) is 5.11 Å². The van der Waals surface area contributed by atoms with E-state index < -0.39 is 39.5 Å². The highest BCUT2D eigenvalue weighted by Gasteiger charge is 2.34. The number of pyridine rings is 1. The molecule has 0 saturated heterocycles. The van der Waals surface area contributed by atoms with Gasteiger partial charge in [0.25, 0.3) is 5.91 Å². The van der Waals surface area contributed by atoms with Crippen molar-refractivity contribution in [3.63, 3.8) is 0 Å². The summed E-state index contributed by atoms with van der Waals surface area (Å²) in [5.41, 5.74) is -1.28. The van der Waals surface area contributed by atoms with E-state index >= 15 is 0 Å².